The van der Waals surface area contributed by atoms with Gasteiger partial charge in [0.2, 0.25) is 0 Å². The molecule has 0 saturated carbocycles. The molecule has 2 rings (SSSR count). The highest BCUT2D eigenvalue weighted by molar-refractivity contribution is 9.15. The quantitative estimate of drug-likeness (QED) is 0.209. The van der Waals surface area contributed by atoms with Crippen molar-refractivity contribution in [1.29, 1.82) is 0 Å². The molecule has 8 heteroatoms. The highest BCUT2D eigenvalue weighted by Crippen LogP contribution is 2.47. The van der Waals surface area contributed by atoms with Crippen LogP contribution in [0.15, 0.2) is 47.9 Å². The van der Waals surface area contributed by atoms with E-state index in [0.717, 1.165) is 35.8 Å². The molecule has 0 heterocycles. The van der Waals surface area contributed by atoms with Crippen LogP contribution in [0.5, 0.6) is 0 Å². The van der Waals surface area contributed by atoms with Gasteiger partial charge in [0.05, 0.1) is 0 Å². The van der Waals surface area contributed by atoms with Crippen LogP contribution in [0.4, 0.5) is 0 Å². The maximum absolute atomic E-state index is 3.69. The summed E-state index contributed by atoms with van der Waals surface area (Å²) >= 11 is 28.9. The van der Waals surface area contributed by atoms with Crippen molar-refractivity contribution in [3.63, 3.8) is 0 Å². The molecule has 0 amide bonds. The lowest BCUT2D eigenvalue weighted by Crippen LogP contribution is -2.01. The Labute approximate surface area is 196 Å². The van der Waals surface area contributed by atoms with Gasteiger partial charge in [0.1, 0.15) is 0 Å². The van der Waals surface area contributed by atoms with E-state index in [1.165, 1.54) is 11.1 Å². The summed E-state index contributed by atoms with van der Waals surface area (Å²) in [6, 6.07) is 4.25. The molecule has 118 valence electrons. The van der Waals surface area contributed by atoms with E-state index in [4.69, 9.17) is 0 Å². The summed E-state index contributed by atoms with van der Waals surface area (Å²) in [7, 11) is 0. The predicted octanol–water partition coefficient (Wildman–Crippen LogP) is 9.94. The van der Waals surface area contributed by atoms with Gasteiger partial charge in [-0.3, -0.25) is 0 Å². The van der Waals surface area contributed by atoms with Crippen molar-refractivity contribution in [3.05, 3.63) is 59.0 Å². The molecular weight excluding hydrogens is 807 g/mol. The minimum absolute atomic E-state index is 0.185. The van der Waals surface area contributed by atoms with Gasteiger partial charge in [0, 0.05) is 41.7 Å². The van der Waals surface area contributed by atoms with E-state index in [9.17, 15) is 0 Å². The summed E-state index contributed by atoms with van der Waals surface area (Å²) in [5.41, 5.74) is 2.37. The number of hydrogen-bond donors (Lipinski definition) is 0. The Hall–Kier alpha value is 2.28. The van der Waals surface area contributed by atoms with Crippen LogP contribution in [-0.4, -0.2) is 0 Å². The van der Waals surface area contributed by atoms with Crippen LogP contribution in [0.1, 0.15) is 24.0 Å². The van der Waals surface area contributed by atoms with Crippen LogP contribution in [-0.2, 0) is 0 Å². The van der Waals surface area contributed by atoms with E-state index in [-0.39, 0.29) is 5.92 Å². The van der Waals surface area contributed by atoms with Gasteiger partial charge < -0.3 is 0 Å². The predicted molar refractivity (Wildman–Crippen MR) is 122 cm³/mol. The van der Waals surface area contributed by atoms with E-state index in [1.807, 2.05) is 0 Å². The van der Waals surface area contributed by atoms with Crippen molar-refractivity contribution < 1.29 is 0 Å². The van der Waals surface area contributed by atoms with Crippen LogP contribution in [0, 0.1) is 0 Å². The monoisotopic (exact) mass is 805 g/mol. The lowest BCUT2D eigenvalue weighted by Gasteiger charge is -2.20. The fourth-order valence-electron chi connectivity index (χ4n) is 1.98. The maximum atomic E-state index is 3.69. The van der Waals surface area contributed by atoms with E-state index in [0.29, 0.717) is 0 Å². The van der Waals surface area contributed by atoms with Gasteiger partial charge >= 0.3 is 0 Å². The zero-order chi connectivity index (χ0) is 16.8. The normalized spacial score (nSPS) is 11.4. The first-order valence-electron chi connectivity index (χ1n) is 5.82. The molecule has 0 aliphatic rings. The molecule has 2 aromatic rings. The van der Waals surface area contributed by atoms with Crippen molar-refractivity contribution in [2.24, 2.45) is 0 Å². The first-order chi connectivity index (χ1) is 10.2. The van der Waals surface area contributed by atoms with E-state index >= 15 is 0 Å². The Morgan fingerprint density at radius 3 is 1.18 bits per heavy atom. The number of hydrogen-bond acceptors (Lipinski definition) is 0. The largest absolute Gasteiger partial charge is 0.0542 e. The molecule has 0 saturated heterocycles. The summed E-state index contributed by atoms with van der Waals surface area (Å²) in [6.45, 7) is 2.18. The third-order valence-electron chi connectivity index (χ3n) is 3.19. The third-order valence-corrected chi connectivity index (χ3v) is 12.6. The number of benzene rings is 2. The second-order valence-corrected chi connectivity index (χ2v) is 11.0. The number of halogens is 8. The summed E-state index contributed by atoms with van der Waals surface area (Å²) in [5, 5.41) is 0. The van der Waals surface area contributed by atoms with E-state index < -0.39 is 0 Å². The molecule has 0 spiro atoms. The van der Waals surface area contributed by atoms with Gasteiger partial charge in [0.15, 0.2) is 0 Å². The zero-order valence-electron chi connectivity index (χ0n) is 10.8. The SMILES string of the molecule is CC(c1cc(Br)c(Br)c(Br)c1Br)c1cc(Br)c(Br)c(Br)c1Br. The van der Waals surface area contributed by atoms with Gasteiger partial charge in [-0.05, 0) is 151 Å². The molecule has 0 bridgehead atoms. The van der Waals surface area contributed by atoms with Crippen molar-refractivity contribution in [2.75, 3.05) is 0 Å². The smallest absolute Gasteiger partial charge is 0.0474 e. The van der Waals surface area contributed by atoms with Crippen molar-refractivity contribution in [3.8, 4) is 0 Å². The Bertz CT molecular complexity index is 690. The molecule has 22 heavy (non-hydrogen) atoms. The van der Waals surface area contributed by atoms with Gasteiger partial charge in [-0.1, -0.05) is 6.92 Å². The molecule has 0 unspecified atom stereocenters. The Morgan fingerprint density at radius 1 is 0.545 bits per heavy atom. The molecule has 0 radical (unpaired) electrons. The molecule has 0 nitrogen and oxygen atoms in total. The lowest BCUT2D eigenvalue weighted by atomic mass is 9.93. The molecule has 0 fully saturated rings. The van der Waals surface area contributed by atoms with Gasteiger partial charge in [0.25, 0.3) is 0 Å². The summed E-state index contributed by atoms with van der Waals surface area (Å²) < 4.78 is 8.08. The van der Waals surface area contributed by atoms with E-state index in [1.54, 1.807) is 0 Å². The average molecular weight is 813 g/mol. The van der Waals surface area contributed by atoms with Gasteiger partial charge in [-0.25, -0.2) is 0 Å². The van der Waals surface area contributed by atoms with Crippen molar-refractivity contribution >= 4 is 127 Å². The molecule has 0 aliphatic heterocycles. The highest BCUT2D eigenvalue weighted by Gasteiger charge is 2.22. The third kappa shape index (κ3) is 3.99. The lowest BCUT2D eigenvalue weighted by molar-refractivity contribution is 0.901. The first kappa shape index (κ1) is 20.6. The van der Waals surface area contributed by atoms with Crippen LogP contribution >= 0.6 is 127 Å². The zero-order valence-corrected chi connectivity index (χ0v) is 23.4. The molecule has 0 atom stereocenters. The second-order valence-electron chi connectivity index (χ2n) is 4.50. The van der Waals surface area contributed by atoms with Crippen LogP contribution in [0.25, 0.3) is 0 Å². The van der Waals surface area contributed by atoms with Gasteiger partial charge in [-0.15, -0.1) is 0 Å². The minimum Gasteiger partial charge on any atom is -0.0542 e. The van der Waals surface area contributed by atoms with Crippen LogP contribution < -0.4 is 0 Å². The molecule has 0 N–H and O–H groups in total. The summed E-state index contributed by atoms with van der Waals surface area (Å²) in [4.78, 5) is 0. The Kier molecular flexibility index (Phi) is 7.78. The standard InChI is InChI=1S/C14H6Br8/c1-4(5-2-7(15)11(19)13(21)9(5)17)6-3-8(16)12(20)14(22)10(6)18/h2-4H,1H3. The number of rotatable bonds is 2. The Balaban J connectivity index is 2.66. The summed E-state index contributed by atoms with van der Waals surface area (Å²) in [5.74, 6) is 0.185. The molecule has 0 aromatic heterocycles. The van der Waals surface area contributed by atoms with E-state index in [2.05, 4.69) is 146 Å². The minimum atomic E-state index is 0.185. The second kappa shape index (κ2) is 8.31. The van der Waals surface area contributed by atoms with Crippen LogP contribution in [0.2, 0.25) is 0 Å². The maximum Gasteiger partial charge on any atom is 0.0474 e. The summed E-state index contributed by atoms with van der Waals surface area (Å²) in [6.07, 6.45) is 0. The van der Waals surface area contributed by atoms with Crippen molar-refractivity contribution in [1.82, 2.24) is 0 Å². The van der Waals surface area contributed by atoms with Crippen LogP contribution in [0.3, 0.4) is 0 Å². The van der Waals surface area contributed by atoms with Crippen molar-refractivity contribution in [2.45, 2.75) is 12.8 Å². The molecule has 2 aromatic carbocycles. The average Bonchev–Trinajstić information content (AvgIpc) is 2.49. The highest BCUT2D eigenvalue weighted by atomic mass is 79.9. The molecular formula is C14H6Br8. The topological polar surface area (TPSA) is 0 Å². The molecule has 0 aliphatic carbocycles. The first-order valence-corrected chi connectivity index (χ1v) is 12.2. The Morgan fingerprint density at radius 2 is 0.864 bits per heavy atom. The fraction of sp³-hybridized carbons (Fsp3) is 0.143. The fourth-order valence-corrected chi connectivity index (χ4v) is 6.76. The van der Waals surface area contributed by atoms with Gasteiger partial charge in [-0.2, -0.15) is 0 Å².